The topological polar surface area (TPSA) is 74.8 Å². The number of fused-ring (bicyclic) bond motifs is 2. The molecule has 2 unspecified atom stereocenters. The molecule has 4 fully saturated rings. The van der Waals surface area contributed by atoms with Gasteiger partial charge in [0.25, 0.3) is 0 Å². The normalized spacial score (nSPS) is 37.4. The van der Waals surface area contributed by atoms with Crippen LogP contribution in [-0.4, -0.2) is 63.1 Å². The standard InChI is InChI=1S/C10H18.C6H10O3.2CH4O/c1-9(2)8-4-6-10(9,3)7-5-8;1(5-3-8-5)7-2-6-4-9-6;2*1-2/h8H,4-7H2,1-3H3;5-6H,1-4H2;2*2H,1H3. The van der Waals surface area contributed by atoms with Crippen LogP contribution >= 0.6 is 0 Å². The average Bonchev–Trinajstić information content (AvgIpc) is 3.47. The Bertz CT molecular complexity index is 301. The van der Waals surface area contributed by atoms with Crippen LogP contribution in [0.25, 0.3) is 0 Å². The van der Waals surface area contributed by atoms with Crippen LogP contribution in [0.1, 0.15) is 46.5 Å². The molecule has 5 nitrogen and oxygen atoms in total. The Kier molecular flexibility index (Phi) is 8.45. The lowest BCUT2D eigenvalue weighted by Gasteiger charge is -2.34. The third kappa shape index (κ3) is 5.68. The summed E-state index contributed by atoms with van der Waals surface area (Å²) in [5.41, 5.74) is 1.37. The predicted molar refractivity (Wildman–Crippen MR) is 90.4 cm³/mol. The van der Waals surface area contributed by atoms with Crippen LogP contribution in [0.15, 0.2) is 0 Å². The highest BCUT2D eigenvalue weighted by Crippen LogP contribution is 2.65. The quantitative estimate of drug-likeness (QED) is 0.772. The number of hydrogen-bond donors (Lipinski definition) is 2. The summed E-state index contributed by atoms with van der Waals surface area (Å²) in [5, 5.41) is 14.0. The highest BCUT2D eigenvalue weighted by atomic mass is 16.6. The number of rotatable bonds is 4. The van der Waals surface area contributed by atoms with Crippen LogP contribution in [0.4, 0.5) is 0 Å². The number of epoxide rings is 2. The van der Waals surface area contributed by atoms with Gasteiger partial charge in [0.2, 0.25) is 0 Å². The van der Waals surface area contributed by atoms with Crippen molar-refractivity contribution in [1.29, 1.82) is 0 Å². The molecule has 4 aliphatic rings. The van der Waals surface area contributed by atoms with Crippen molar-refractivity contribution in [3.05, 3.63) is 0 Å². The van der Waals surface area contributed by atoms with Crippen LogP contribution in [0.3, 0.4) is 0 Å². The first-order valence-corrected chi connectivity index (χ1v) is 8.72. The fraction of sp³-hybridized carbons (Fsp3) is 1.00. The van der Waals surface area contributed by atoms with E-state index in [2.05, 4.69) is 20.8 Å². The Balaban J connectivity index is 0.000000190. The Hall–Kier alpha value is -0.200. The first-order valence-electron chi connectivity index (χ1n) is 8.72. The molecule has 0 amide bonds. The third-order valence-corrected chi connectivity index (χ3v) is 6.08. The number of hydrogen-bond acceptors (Lipinski definition) is 5. The first kappa shape index (κ1) is 20.8. The molecule has 0 aromatic rings. The molecular weight excluding hydrogens is 296 g/mol. The number of aliphatic hydroxyl groups is 2. The van der Waals surface area contributed by atoms with Gasteiger partial charge in [0.15, 0.2) is 0 Å². The van der Waals surface area contributed by atoms with E-state index in [0.717, 1.165) is 46.6 Å². The van der Waals surface area contributed by atoms with Crippen molar-refractivity contribution in [2.45, 2.75) is 58.7 Å². The van der Waals surface area contributed by atoms with Crippen molar-refractivity contribution < 1.29 is 24.4 Å². The van der Waals surface area contributed by atoms with Gasteiger partial charge < -0.3 is 24.4 Å². The van der Waals surface area contributed by atoms with Crippen molar-refractivity contribution in [3.63, 3.8) is 0 Å². The SMILES string of the molecule is C(OCC1CO1)C1CO1.CC12CCC(CC1)C2(C)C.CO.CO. The Labute approximate surface area is 141 Å². The van der Waals surface area contributed by atoms with Gasteiger partial charge in [-0.25, -0.2) is 0 Å². The van der Waals surface area contributed by atoms with E-state index in [9.17, 15) is 0 Å². The summed E-state index contributed by atoms with van der Waals surface area (Å²) in [7, 11) is 2.00. The van der Waals surface area contributed by atoms with Gasteiger partial charge >= 0.3 is 0 Å². The highest BCUT2D eigenvalue weighted by Gasteiger charge is 2.55. The van der Waals surface area contributed by atoms with Gasteiger partial charge in [-0.2, -0.15) is 0 Å². The summed E-state index contributed by atoms with van der Waals surface area (Å²) in [4.78, 5) is 0. The molecular formula is C18H36O5. The van der Waals surface area contributed by atoms with Gasteiger partial charge in [0.1, 0.15) is 12.2 Å². The zero-order valence-corrected chi connectivity index (χ0v) is 15.5. The Morgan fingerprint density at radius 1 is 0.870 bits per heavy atom. The van der Waals surface area contributed by atoms with Gasteiger partial charge in [-0.15, -0.1) is 0 Å². The summed E-state index contributed by atoms with van der Waals surface area (Å²) < 4.78 is 15.1. The molecule has 2 aliphatic heterocycles. The lowest BCUT2D eigenvalue weighted by Crippen LogP contribution is -2.26. The maximum Gasteiger partial charge on any atom is 0.104 e. The van der Waals surface area contributed by atoms with E-state index in [4.69, 9.17) is 24.4 Å². The molecule has 2 saturated carbocycles. The molecule has 0 spiro atoms. The van der Waals surface area contributed by atoms with E-state index in [-0.39, 0.29) is 0 Å². The summed E-state index contributed by atoms with van der Waals surface area (Å²) in [6.45, 7) is 10.7. The fourth-order valence-electron chi connectivity index (χ4n) is 3.77. The van der Waals surface area contributed by atoms with Gasteiger partial charge in [-0.1, -0.05) is 20.8 Å². The summed E-state index contributed by atoms with van der Waals surface area (Å²) in [5.74, 6) is 1.05. The molecule has 2 heterocycles. The van der Waals surface area contributed by atoms with Crippen molar-refractivity contribution in [2.75, 3.05) is 40.6 Å². The largest absolute Gasteiger partial charge is 0.400 e. The van der Waals surface area contributed by atoms with E-state index >= 15 is 0 Å². The van der Waals surface area contributed by atoms with Crippen LogP contribution in [0.5, 0.6) is 0 Å². The fourth-order valence-corrected chi connectivity index (χ4v) is 3.77. The van der Waals surface area contributed by atoms with Gasteiger partial charge in [-0.3, -0.25) is 0 Å². The monoisotopic (exact) mass is 332 g/mol. The molecule has 2 aliphatic carbocycles. The average molecular weight is 332 g/mol. The molecule has 2 bridgehead atoms. The van der Waals surface area contributed by atoms with Crippen LogP contribution in [-0.2, 0) is 14.2 Å². The number of aliphatic hydroxyl groups excluding tert-OH is 2. The maximum absolute atomic E-state index is 7.00. The van der Waals surface area contributed by atoms with E-state index < -0.39 is 0 Å². The Morgan fingerprint density at radius 3 is 1.43 bits per heavy atom. The van der Waals surface area contributed by atoms with E-state index in [1.54, 1.807) is 0 Å². The molecule has 0 aromatic carbocycles. The van der Waals surface area contributed by atoms with Crippen LogP contribution in [0.2, 0.25) is 0 Å². The maximum atomic E-state index is 7.00. The molecule has 0 radical (unpaired) electrons. The van der Waals surface area contributed by atoms with Gasteiger partial charge in [-0.05, 0) is 42.4 Å². The Morgan fingerprint density at radius 2 is 1.26 bits per heavy atom. The molecule has 0 aromatic heterocycles. The molecule has 138 valence electrons. The van der Waals surface area contributed by atoms with E-state index in [0.29, 0.717) is 23.0 Å². The minimum atomic E-state index is 0.392. The van der Waals surface area contributed by atoms with Gasteiger partial charge in [0.05, 0.1) is 26.4 Å². The zero-order chi connectivity index (χ0) is 17.5. The van der Waals surface area contributed by atoms with Crippen LogP contribution in [0, 0.1) is 16.7 Å². The smallest absolute Gasteiger partial charge is 0.104 e. The van der Waals surface area contributed by atoms with E-state index in [1.807, 2.05) is 0 Å². The van der Waals surface area contributed by atoms with Crippen molar-refractivity contribution in [1.82, 2.24) is 0 Å². The lowest BCUT2D eigenvalue weighted by molar-refractivity contribution is 0.102. The molecule has 5 heteroatoms. The molecule has 2 saturated heterocycles. The molecule has 4 rings (SSSR count). The minimum Gasteiger partial charge on any atom is -0.400 e. The van der Waals surface area contributed by atoms with Crippen molar-refractivity contribution in [2.24, 2.45) is 16.7 Å². The van der Waals surface area contributed by atoms with E-state index in [1.165, 1.54) is 25.7 Å². The second-order valence-electron chi connectivity index (χ2n) is 7.50. The minimum absolute atomic E-state index is 0.392. The predicted octanol–water partition coefficient (Wildman–Crippen LogP) is 2.24. The van der Waals surface area contributed by atoms with Crippen molar-refractivity contribution in [3.8, 4) is 0 Å². The molecule has 2 atom stereocenters. The van der Waals surface area contributed by atoms with Crippen molar-refractivity contribution >= 4 is 0 Å². The lowest BCUT2D eigenvalue weighted by atomic mass is 9.71. The zero-order valence-electron chi connectivity index (χ0n) is 15.5. The second kappa shape index (κ2) is 9.33. The summed E-state index contributed by atoms with van der Waals surface area (Å²) in [6, 6.07) is 0. The highest BCUT2D eigenvalue weighted by molar-refractivity contribution is 5.05. The number of ether oxygens (including phenoxy) is 3. The molecule has 23 heavy (non-hydrogen) atoms. The third-order valence-electron chi connectivity index (χ3n) is 6.08. The first-order chi connectivity index (χ1) is 11.0. The summed E-state index contributed by atoms with van der Waals surface area (Å²) in [6.07, 6.45) is 6.77. The second-order valence-corrected chi connectivity index (χ2v) is 7.50. The van der Waals surface area contributed by atoms with Gasteiger partial charge in [0, 0.05) is 14.2 Å². The van der Waals surface area contributed by atoms with Crippen LogP contribution < -0.4 is 0 Å². The summed E-state index contributed by atoms with van der Waals surface area (Å²) >= 11 is 0. The molecule has 2 N–H and O–H groups in total.